The fraction of sp³-hybridized carbons (Fsp3) is 0.391. The molecule has 0 fully saturated rings. The number of rotatable bonds is 9. The SMILES string of the molecule is CNCCC(Oc1ccc(CN2CCN(C)c3nc(OC)ncc3C2=O)cc1)c1nccs1. The maximum Gasteiger partial charge on any atom is 0.318 e. The molecule has 4 rings (SSSR count). The van der Waals surface area contributed by atoms with Crippen molar-refractivity contribution in [1.82, 2.24) is 25.2 Å². The number of ether oxygens (including phenoxy) is 2. The van der Waals surface area contributed by atoms with Gasteiger partial charge in [0.05, 0.1) is 7.11 Å². The molecular formula is C23H28N6O3S. The Kier molecular flexibility index (Phi) is 7.36. The molecule has 2 aromatic heterocycles. The van der Waals surface area contributed by atoms with E-state index in [9.17, 15) is 4.79 Å². The Morgan fingerprint density at radius 1 is 1.21 bits per heavy atom. The molecule has 0 saturated carbocycles. The van der Waals surface area contributed by atoms with Crippen molar-refractivity contribution in [2.75, 3.05) is 45.7 Å². The van der Waals surface area contributed by atoms with Crippen LogP contribution in [-0.4, -0.2) is 66.6 Å². The van der Waals surface area contributed by atoms with Gasteiger partial charge in [-0.05, 0) is 31.3 Å². The molecule has 1 amide bonds. The number of carbonyl (C=O) groups is 1. The number of aromatic nitrogens is 3. The maximum absolute atomic E-state index is 13.2. The molecule has 0 aliphatic carbocycles. The van der Waals surface area contributed by atoms with E-state index in [4.69, 9.17) is 9.47 Å². The van der Waals surface area contributed by atoms with Gasteiger partial charge >= 0.3 is 6.01 Å². The van der Waals surface area contributed by atoms with Crippen LogP contribution in [0.2, 0.25) is 0 Å². The highest BCUT2D eigenvalue weighted by molar-refractivity contribution is 7.09. The predicted molar refractivity (Wildman–Crippen MR) is 127 cm³/mol. The van der Waals surface area contributed by atoms with E-state index in [1.54, 1.807) is 23.7 Å². The standard InChI is InChI=1S/C23H28N6O3S/c1-24-9-8-19(21-25-10-13-33-21)32-17-6-4-16(5-7-17)15-29-12-11-28(2)20-18(22(29)30)14-26-23(27-20)31-3/h4-7,10,13-14,19,24H,8-9,11-12,15H2,1-3H3. The Balaban J connectivity index is 1.45. The number of carbonyl (C=O) groups excluding carboxylic acids is 1. The van der Waals surface area contributed by atoms with E-state index in [0.717, 1.165) is 29.3 Å². The summed E-state index contributed by atoms with van der Waals surface area (Å²) < 4.78 is 11.3. The van der Waals surface area contributed by atoms with Crippen LogP contribution in [0.5, 0.6) is 11.8 Å². The Morgan fingerprint density at radius 3 is 2.73 bits per heavy atom. The van der Waals surface area contributed by atoms with Crippen molar-refractivity contribution in [3.63, 3.8) is 0 Å². The van der Waals surface area contributed by atoms with Crippen LogP contribution in [0.15, 0.2) is 42.0 Å². The van der Waals surface area contributed by atoms with Gasteiger partial charge in [-0.15, -0.1) is 11.3 Å². The highest BCUT2D eigenvalue weighted by Gasteiger charge is 2.27. The van der Waals surface area contributed by atoms with Crippen LogP contribution in [0.25, 0.3) is 0 Å². The average Bonchev–Trinajstić information content (AvgIpc) is 3.35. The maximum atomic E-state index is 13.2. The first-order valence-electron chi connectivity index (χ1n) is 10.8. The molecule has 1 aromatic carbocycles. The zero-order chi connectivity index (χ0) is 23.2. The summed E-state index contributed by atoms with van der Waals surface area (Å²) in [6.45, 7) is 2.59. The zero-order valence-electron chi connectivity index (χ0n) is 19.0. The van der Waals surface area contributed by atoms with Gasteiger partial charge in [0.1, 0.15) is 22.1 Å². The highest BCUT2D eigenvalue weighted by atomic mass is 32.1. The van der Waals surface area contributed by atoms with Crippen molar-refractivity contribution in [3.8, 4) is 11.8 Å². The number of likely N-dealkylation sites (N-methyl/N-ethyl adjacent to an activating group) is 1. The molecule has 1 atom stereocenters. The van der Waals surface area contributed by atoms with Gasteiger partial charge < -0.3 is 24.6 Å². The van der Waals surface area contributed by atoms with Crippen molar-refractivity contribution < 1.29 is 14.3 Å². The third-order valence-corrected chi connectivity index (χ3v) is 6.34. The molecule has 3 heterocycles. The number of nitrogens with zero attached hydrogens (tertiary/aromatic N) is 5. The van der Waals surface area contributed by atoms with E-state index < -0.39 is 0 Å². The van der Waals surface area contributed by atoms with Crippen molar-refractivity contribution in [1.29, 1.82) is 0 Å². The molecule has 0 saturated heterocycles. The fourth-order valence-corrected chi connectivity index (χ4v) is 4.36. The lowest BCUT2D eigenvalue weighted by atomic mass is 10.2. The molecule has 0 bridgehead atoms. The second-order valence-electron chi connectivity index (χ2n) is 7.76. The van der Waals surface area contributed by atoms with Crippen LogP contribution >= 0.6 is 11.3 Å². The van der Waals surface area contributed by atoms with Gasteiger partial charge in [0.2, 0.25) is 0 Å². The van der Waals surface area contributed by atoms with E-state index >= 15 is 0 Å². The van der Waals surface area contributed by atoms with E-state index in [-0.39, 0.29) is 18.0 Å². The fourth-order valence-electron chi connectivity index (χ4n) is 3.66. The van der Waals surface area contributed by atoms with Crippen molar-refractivity contribution in [3.05, 3.63) is 58.2 Å². The molecule has 3 aromatic rings. The number of methoxy groups -OCH3 is 1. The lowest BCUT2D eigenvalue weighted by Crippen LogP contribution is -2.33. The highest BCUT2D eigenvalue weighted by Crippen LogP contribution is 2.27. The lowest BCUT2D eigenvalue weighted by molar-refractivity contribution is 0.0754. The van der Waals surface area contributed by atoms with Crippen molar-refractivity contribution in [2.45, 2.75) is 19.1 Å². The molecular weight excluding hydrogens is 440 g/mol. The zero-order valence-corrected chi connectivity index (χ0v) is 19.8. The second-order valence-corrected chi connectivity index (χ2v) is 8.68. The summed E-state index contributed by atoms with van der Waals surface area (Å²) in [5.41, 5.74) is 1.50. The normalized spacial score (nSPS) is 14.6. The summed E-state index contributed by atoms with van der Waals surface area (Å²) in [4.78, 5) is 29.9. The van der Waals surface area contributed by atoms with Crippen molar-refractivity contribution >= 4 is 23.1 Å². The van der Waals surface area contributed by atoms with Crippen LogP contribution in [0, 0.1) is 0 Å². The summed E-state index contributed by atoms with van der Waals surface area (Å²) in [5.74, 6) is 1.28. The largest absolute Gasteiger partial charge is 0.483 e. The number of fused-ring (bicyclic) bond motifs is 1. The molecule has 1 aliphatic heterocycles. The summed E-state index contributed by atoms with van der Waals surface area (Å²) in [5, 5.41) is 6.09. The Bertz CT molecular complexity index is 1060. The quantitative estimate of drug-likeness (QED) is 0.513. The van der Waals surface area contributed by atoms with E-state index in [1.807, 2.05) is 53.5 Å². The second kappa shape index (κ2) is 10.6. The third-order valence-electron chi connectivity index (χ3n) is 5.47. The van der Waals surface area contributed by atoms with Gasteiger partial charge in [-0.3, -0.25) is 4.79 Å². The van der Waals surface area contributed by atoms with Crippen LogP contribution in [-0.2, 0) is 6.54 Å². The topological polar surface area (TPSA) is 92.7 Å². The van der Waals surface area contributed by atoms with Gasteiger partial charge in [0.25, 0.3) is 5.91 Å². The number of hydrogen-bond donors (Lipinski definition) is 1. The van der Waals surface area contributed by atoms with E-state index in [1.165, 1.54) is 7.11 Å². The Labute approximate surface area is 197 Å². The van der Waals surface area contributed by atoms with Crippen LogP contribution in [0.1, 0.15) is 33.5 Å². The average molecular weight is 469 g/mol. The molecule has 174 valence electrons. The molecule has 0 spiro atoms. The van der Waals surface area contributed by atoms with Gasteiger partial charge in [-0.1, -0.05) is 12.1 Å². The number of nitrogens with one attached hydrogen (secondary N) is 1. The first-order chi connectivity index (χ1) is 16.1. The third kappa shape index (κ3) is 5.40. The number of benzene rings is 1. The van der Waals surface area contributed by atoms with Gasteiger partial charge in [0, 0.05) is 50.9 Å². The minimum absolute atomic E-state index is 0.0896. The molecule has 33 heavy (non-hydrogen) atoms. The summed E-state index contributed by atoms with van der Waals surface area (Å²) in [6, 6.07) is 8.15. The minimum Gasteiger partial charge on any atom is -0.483 e. The molecule has 1 unspecified atom stereocenters. The van der Waals surface area contributed by atoms with Gasteiger partial charge in [0.15, 0.2) is 6.10 Å². The monoisotopic (exact) mass is 468 g/mol. The van der Waals surface area contributed by atoms with E-state index in [2.05, 4.69) is 20.3 Å². The summed E-state index contributed by atoms with van der Waals surface area (Å²) in [7, 11) is 5.36. The number of anilines is 1. The Morgan fingerprint density at radius 2 is 2.03 bits per heavy atom. The Hall–Kier alpha value is -3.24. The van der Waals surface area contributed by atoms with Gasteiger partial charge in [-0.2, -0.15) is 4.98 Å². The van der Waals surface area contributed by atoms with E-state index in [0.29, 0.717) is 31.0 Å². The smallest absolute Gasteiger partial charge is 0.318 e. The molecule has 10 heteroatoms. The molecule has 9 nitrogen and oxygen atoms in total. The number of amides is 1. The molecule has 1 N–H and O–H groups in total. The van der Waals surface area contributed by atoms with Gasteiger partial charge in [-0.25, -0.2) is 9.97 Å². The first-order valence-corrected chi connectivity index (χ1v) is 11.7. The summed E-state index contributed by atoms with van der Waals surface area (Å²) >= 11 is 1.60. The first kappa shape index (κ1) is 22.9. The predicted octanol–water partition coefficient (Wildman–Crippen LogP) is 2.76. The minimum atomic E-state index is -0.0977. The number of thiazole rings is 1. The summed E-state index contributed by atoms with van der Waals surface area (Å²) in [6.07, 6.45) is 4.07. The van der Waals surface area contributed by atoms with Crippen LogP contribution in [0.4, 0.5) is 5.82 Å². The molecule has 1 aliphatic rings. The van der Waals surface area contributed by atoms with Crippen LogP contribution in [0.3, 0.4) is 0 Å². The lowest BCUT2D eigenvalue weighted by Gasteiger charge is -2.21. The number of hydrogen-bond acceptors (Lipinski definition) is 9. The van der Waals surface area contributed by atoms with Crippen molar-refractivity contribution in [2.24, 2.45) is 0 Å². The molecule has 0 radical (unpaired) electrons. The van der Waals surface area contributed by atoms with Crippen LogP contribution < -0.4 is 19.7 Å².